The molecule has 0 bridgehead atoms. The minimum absolute atomic E-state index is 0.0194. The summed E-state index contributed by atoms with van der Waals surface area (Å²) in [6.45, 7) is 5.67. The van der Waals surface area contributed by atoms with Crippen LogP contribution < -0.4 is 19.1 Å². The number of ether oxygens (including phenoxy) is 2. The Kier molecular flexibility index (Phi) is 8.70. The summed E-state index contributed by atoms with van der Waals surface area (Å²) in [5.74, 6) is 0.197. The molecule has 7 nitrogen and oxygen atoms in total. The van der Waals surface area contributed by atoms with E-state index in [1.807, 2.05) is 38.1 Å². The number of rotatable bonds is 11. The molecule has 1 amide bonds. The van der Waals surface area contributed by atoms with Gasteiger partial charge in [0.15, 0.2) is 0 Å². The van der Waals surface area contributed by atoms with E-state index in [0.29, 0.717) is 18.1 Å². The number of hydrogen-bond acceptors (Lipinski definition) is 5. The first-order valence-corrected chi connectivity index (χ1v) is 12.6. The molecule has 0 aliphatic rings. The lowest BCUT2D eigenvalue weighted by molar-refractivity contribution is -0.120. The third-order valence-electron chi connectivity index (χ3n) is 5.11. The summed E-state index contributed by atoms with van der Waals surface area (Å²) in [5.41, 5.74) is 1.13. The van der Waals surface area contributed by atoms with Crippen LogP contribution in [0.4, 0.5) is 10.1 Å². The first-order valence-electron chi connectivity index (χ1n) is 11.2. The van der Waals surface area contributed by atoms with Gasteiger partial charge in [-0.15, -0.1) is 0 Å². The molecule has 0 heterocycles. The van der Waals surface area contributed by atoms with Gasteiger partial charge in [-0.2, -0.15) is 0 Å². The lowest BCUT2D eigenvalue weighted by Gasteiger charge is -2.25. The third-order valence-corrected chi connectivity index (χ3v) is 6.90. The molecule has 35 heavy (non-hydrogen) atoms. The SMILES string of the molecule is CCOc1ccc(S(=O)(=O)N(CC(=O)NC(C)COc2ccccc2C)c2ccc(F)cc2)cc1. The van der Waals surface area contributed by atoms with E-state index in [0.717, 1.165) is 22.0 Å². The quantitative estimate of drug-likeness (QED) is 0.424. The monoisotopic (exact) mass is 500 g/mol. The number of carbonyl (C=O) groups excluding carboxylic acids is 1. The molecule has 0 aliphatic heterocycles. The van der Waals surface area contributed by atoms with E-state index >= 15 is 0 Å². The summed E-state index contributed by atoms with van der Waals surface area (Å²) in [6, 6.07) is 18.0. The zero-order valence-electron chi connectivity index (χ0n) is 19.9. The van der Waals surface area contributed by atoms with Crippen molar-refractivity contribution in [2.75, 3.05) is 24.1 Å². The number of nitrogens with one attached hydrogen (secondary N) is 1. The number of halogens is 1. The van der Waals surface area contributed by atoms with E-state index in [-0.39, 0.29) is 23.2 Å². The Labute approximate surface area is 205 Å². The van der Waals surface area contributed by atoms with Crippen molar-refractivity contribution in [2.45, 2.75) is 31.7 Å². The van der Waals surface area contributed by atoms with Crippen molar-refractivity contribution in [1.29, 1.82) is 0 Å². The molecule has 0 saturated carbocycles. The zero-order valence-corrected chi connectivity index (χ0v) is 20.7. The lowest BCUT2D eigenvalue weighted by Crippen LogP contribution is -2.45. The Morgan fingerprint density at radius 2 is 1.66 bits per heavy atom. The van der Waals surface area contributed by atoms with Crippen LogP contribution in [0.1, 0.15) is 19.4 Å². The normalized spacial score (nSPS) is 12.0. The fraction of sp³-hybridized carbons (Fsp3) is 0.269. The highest BCUT2D eigenvalue weighted by Gasteiger charge is 2.28. The molecule has 0 radical (unpaired) electrons. The summed E-state index contributed by atoms with van der Waals surface area (Å²) in [5, 5.41) is 2.77. The molecular weight excluding hydrogens is 471 g/mol. The van der Waals surface area contributed by atoms with Gasteiger partial charge in [0, 0.05) is 0 Å². The summed E-state index contributed by atoms with van der Waals surface area (Å²) >= 11 is 0. The van der Waals surface area contributed by atoms with Gasteiger partial charge in [0.2, 0.25) is 5.91 Å². The van der Waals surface area contributed by atoms with Crippen molar-refractivity contribution >= 4 is 21.6 Å². The largest absolute Gasteiger partial charge is 0.494 e. The van der Waals surface area contributed by atoms with Gasteiger partial charge in [0.05, 0.1) is 23.2 Å². The molecular formula is C26H29FN2O5S. The van der Waals surface area contributed by atoms with Crippen molar-refractivity contribution in [1.82, 2.24) is 5.32 Å². The van der Waals surface area contributed by atoms with Crippen molar-refractivity contribution in [3.05, 3.63) is 84.2 Å². The number of anilines is 1. The van der Waals surface area contributed by atoms with Crippen LogP contribution in [0, 0.1) is 12.7 Å². The Bertz CT molecular complexity index is 1230. The molecule has 0 aliphatic carbocycles. The van der Waals surface area contributed by atoms with Gasteiger partial charge in [0.1, 0.15) is 30.5 Å². The van der Waals surface area contributed by atoms with Gasteiger partial charge in [-0.1, -0.05) is 18.2 Å². The van der Waals surface area contributed by atoms with Gasteiger partial charge in [0.25, 0.3) is 10.0 Å². The van der Waals surface area contributed by atoms with E-state index in [2.05, 4.69) is 5.32 Å². The van der Waals surface area contributed by atoms with Gasteiger partial charge < -0.3 is 14.8 Å². The minimum atomic E-state index is -4.13. The standard InChI is InChI=1S/C26H29FN2O5S/c1-4-33-23-13-15-24(16-14-23)35(31,32)29(22-11-9-21(27)10-12-22)17-26(30)28-20(3)18-34-25-8-6-5-7-19(25)2/h5-16,20H,4,17-18H2,1-3H3,(H,28,30). The Morgan fingerprint density at radius 1 is 1.00 bits per heavy atom. The van der Waals surface area contributed by atoms with E-state index in [9.17, 15) is 17.6 Å². The number of benzene rings is 3. The second kappa shape index (κ2) is 11.7. The molecule has 0 aromatic heterocycles. The Balaban J connectivity index is 1.76. The van der Waals surface area contributed by atoms with Crippen molar-refractivity contribution in [3.63, 3.8) is 0 Å². The van der Waals surface area contributed by atoms with E-state index < -0.39 is 28.3 Å². The average molecular weight is 501 g/mol. The fourth-order valence-electron chi connectivity index (χ4n) is 3.35. The van der Waals surface area contributed by atoms with Crippen LogP contribution in [-0.2, 0) is 14.8 Å². The summed E-state index contributed by atoms with van der Waals surface area (Å²) in [6.07, 6.45) is 0. The molecule has 3 aromatic carbocycles. The predicted molar refractivity (Wildman–Crippen MR) is 133 cm³/mol. The molecule has 1 N–H and O–H groups in total. The molecule has 0 spiro atoms. The van der Waals surface area contributed by atoms with Crippen LogP contribution in [0.2, 0.25) is 0 Å². The summed E-state index contributed by atoms with van der Waals surface area (Å²) < 4.78 is 52.5. The van der Waals surface area contributed by atoms with E-state index in [1.165, 1.54) is 24.3 Å². The summed E-state index contributed by atoms with van der Waals surface area (Å²) in [4.78, 5) is 12.8. The van der Waals surface area contributed by atoms with Crippen molar-refractivity contribution < 1.29 is 27.1 Å². The molecule has 3 aromatic rings. The zero-order chi connectivity index (χ0) is 25.4. The number of sulfonamides is 1. The highest BCUT2D eigenvalue weighted by Crippen LogP contribution is 2.25. The predicted octanol–water partition coefficient (Wildman–Crippen LogP) is 4.31. The average Bonchev–Trinajstić information content (AvgIpc) is 2.83. The van der Waals surface area contributed by atoms with Gasteiger partial charge in [-0.05, 0) is 80.9 Å². The molecule has 3 rings (SSSR count). The van der Waals surface area contributed by atoms with E-state index in [1.54, 1.807) is 19.1 Å². The highest BCUT2D eigenvalue weighted by molar-refractivity contribution is 7.92. The van der Waals surface area contributed by atoms with Gasteiger partial charge >= 0.3 is 0 Å². The van der Waals surface area contributed by atoms with Crippen LogP contribution in [0.5, 0.6) is 11.5 Å². The maximum Gasteiger partial charge on any atom is 0.264 e. The first kappa shape index (κ1) is 26.0. The van der Waals surface area contributed by atoms with Crippen molar-refractivity contribution in [2.24, 2.45) is 0 Å². The van der Waals surface area contributed by atoms with Gasteiger partial charge in [-0.25, -0.2) is 12.8 Å². The number of hydrogen-bond donors (Lipinski definition) is 1. The molecule has 186 valence electrons. The summed E-state index contributed by atoms with van der Waals surface area (Å²) in [7, 11) is -4.13. The Morgan fingerprint density at radius 3 is 2.29 bits per heavy atom. The lowest BCUT2D eigenvalue weighted by atomic mass is 10.2. The van der Waals surface area contributed by atoms with Crippen LogP contribution >= 0.6 is 0 Å². The number of carbonyl (C=O) groups is 1. The van der Waals surface area contributed by atoms with Crippen LogP contribution in [0.15, 0.2) is 77.7 Å². The molecule has 1 atom stereocenters. The van der Waals surface area contributed by atoms with Gasteiger partial charge in [-0.3, -0.25) is 9.10 Å². The first-order chi connectivity index (χ1) is 16.7. The highest BCUT2D eigenvalue weighted by atomic mass is 32.2. The van der Waals surface area contributed by atoms with Crippen LogP contribution in [0.3, 0.4) is 0 Å². The van der Waals surface area contributed by atoms with Crippen LogP contribution in [0.25, 0.3) is 0 Å². The maximum absolute atomic E-state index is 13.5. The van der Waals surface area contributed by atoms with E-state index in [4.69, 9.17) is 9.47 Å². The minimum Gasteiger partial charge on any atom is -0.494 e. The topological polar surface area (TPSA) is 84.9 Å². The third kappa shape index (κ3) is 6.95. The number of amides is 1. The number of aryl methyl sites for hydroxylation is 1. The van der Waals surface area contributed by atoms with Crippen molar-refractivity contribution in [3.8, 4) is 11.5 Å². The fourth-order valence-corrected chi connectivity index (χ4v) is 4.77. The Hall–Kier alpha value is -3.59. The second-order valence-electron chi connectivity index (χ2n) is 7.94. The maximum atomic E-state index is 13.5. The number of para-hydroxylation sites is 1. The molecule has 0 fully saturated rings. The van der Waals surface area contributed by atoms with Crippen LogP contribution in [-0.4, -0.2) is 40.1 Å². The smallest absolute Gasteiger partial charge is 0.264 e. The molecule has 0 saturated heterocycles. The second-order valence-corrected chi connectivity index (χ2v) is 9.80. The molecule has 1 unspecified atom stereocenters. The molecule has 9 heteroatoms. The number of nitrogens with zero attached hydrogens (tertiary/aromatic N) is 1.